The summed E-state index contributed by atoms with van der Waals surface area (Å²) in [5, 5.41) is 12.0. The van der Waals surface area contributed by atoms with E-state index >= 15 is 0 Å². The van der Waals surface area contributed by atoms with E-state index in [4.69, 9.17) is 16.7 Å². The zero-order valence-corrected chi connectivity index (χ0v) is 20.0. The van der Waals surface area contributed by atoms with Crippen LogP contribution in [0.2, 0.25) is 13.9 Å². The van der Waals surface area contributed by atoms with Crippen LogP contribution in [0.4, 0.5) is 10.2 Å². The molecular weight excluding hydrogens is 525 g/mol. The molecule has 0 atom stereocenters. The fourth-order valence-electron chi connectivity index (χ4n) is 3.81. The summed E-state index contributed by atoms with van der Waals surface area (Å²) in [7, 11) is 0. The molecule has 0 unspecified atom stereocenters. The van der Waals surface area contributed by atoms with Gasteiger partial charge in [0.25, 0.3) is 0 Å². The van der Waals surface area contributed by atoms with E-state index in [-0.39, 0.29) is 32.7 Å². The average molecular weight is 544 g/mol. The number of halogens is 2. The maximum absolute atomic E-state index is 14.7. The molecular formula is C21H18ClFN6OSn. The van der Waals surface area contributed by atoms with Crippen molar-refractivity contribution in [2.24, 2.45) is 0 Å². The van der Waals surface area contributed by atoms with Crippen molar-refractivity contribution >= 4 is 50.1 Å². The van der Waals surface area contributed by atoms with Crippen molar-refractivity contribution in [1.82, 2.24) is 24.4 Å². The molecule has 4 heterocycles. The molecule has 2 radical (unpaired) electrons. The predicted molar refractivity (Wildman–Crippen MR) is 117 cm³/mol. The first kappa shape index (κ1) is 20.4. The van der Waals surface area contributed by atoms with Gasteiger partial charge in [-0.05, 0) is 6.07 Å². The Kier molecular flexibility index (Phi) is 5.66. The topological polar surface area (TPSA) is 77.1 Å². The summed E-state index contributed by atoms with van der Waals surface area (Å²) < 4.78 is 20.3. The van der Waals surface area contributed by atoms with E-state index in [1.807, 2.05) is 6.07 Å². The Morgan fingerprint density at radius 3 is 2.90 bits per heavy atom. The van der Waals surface area contributed by atoms with Gasteiger partial charge < -0.3 is 0 Å². The van der Waals surface area contributed by atoms with Crippen molar-refractivity contribution in [2.75, 3.05) is 5.32 Å². The molecule has 4 aromatic rings. The number of rotatable bonds is 4. The van der Waals surface area contributed by atoms with E-state index in [1.165, 1.54) is 30.3 Å². The zero-order valence-electron chi connectivity index (χ0n) is 16.4. The number of carbonyl (C=O) groups excluding carboxylic acids is 1. The summed E-state index contributed by atoms with van der Waals surface area (Å²) in [5.41, 5.74) is 1.89. The Labute approximate surface area is 192 Å². The summed E-state index contributed by atoms with van der Waals surface area (Å²) in [6.45, 7) is 0. The summed E-state index contributed by atoms with van der Waals surface area (Å²) in [4.78, 5) is 17.3. The Morgan fingerprint density at radius 2 is 2.10 bits per heavy atom. The first-order chi connectivity index (χ1) is 15.1. The third-order valence-corrected chi connectivity index (χ3v) is 9.29. The molecule has 3 aromatic heterocycles. The van der Waals surface area contributed by atoms with Crippen LogP contribution in [0.1, 0.15) is 34.8 Å². The molecule has 31 heavy (non-hydrogen) atoms. The van der Waals surface area contributed by atoms with Crippen molar-refractivity contribution < 1.29 is 9.18 Å². The first-order valence-electron chi connectivity index (χ1n) is 9.96. The number of benzene rings is 1. The molecule has 1 fully saturated rings. The van der Waals surface area contributed by atoms with Crippen LogP contribution in [0, 0.1) is 5.82 Å². The molecule has 7 nitrogen and oxygen atoms in total. The van der Waals surface area contributed by atoms with Gasteiger partial charge in [0.05, 0.1) is 0 Å². The third kappa shape index (κ3) is 4.06. The molecule has 0 bridgehead atoms. The molecule has 0 saturated carbocycles. The normalized spacial score (nSPS) is 14.8. The SMILES string of the molecule is O=C(Nc1cc(C2C[CH2][Sn][CH2]C2)nn1-c1ccc(Cl)cc1F)c1cnn2cccnc12. The number of amides is 1. The number of fused-ring (bicyclic) bond motifs is 1. The Hall–Kier alpha value is -2.46. The fraction of sp³-hybridized carbons (Fsp3) is 0.238. The molecule has 1 amide bonds. The molecule has 0 aliphatic carbocycles. The second kappa shape index (κ2) is 8.58. The van der Waals surface area contributed by atoms with Gasteiger partial charge in [0, 0.05) is 0 Å². The zero-order chi connectivity index (χ0) is 21.4. The van der Waals surface area contributed by atoms with Crippen LogP contribution in [0.5, 0.6) is 0 Å². The van der Waals surface area contributed by atoms with Gasteiger partial charge in [-0.1, -0.05) is 0 Å². The van der Waals surface area contributed by atoms with Crippen molar-refractivity contribution in [3.8, 4) is 5.69 Å². The minimum atomic E-state index is -0.506. The quantitative estimate of drug-likeness (QED) is 0.388. The van der Waals surface area contributed by atoms with Gasteiger partial charge in [0.15, 0.2) is 0 Å². The molecule has 156 valence electrons. The Bertz CT molecular complexity index is 1270. The minimum absolute atomic E-state index is 0.217. The van der Waals surface area contributed by atoms with Crippen LogP contribution >= 0.6 is 11.6 Å². The van der Waals surface area contributed by atoms with Crippen LogP contribution in [0.15, 0.2) is 48.9 Å². The number of hydrogen-bond donors (Lipinski definition) is 1. The van der Waals surface area contributed by atoms with Crippen molar-refractivity contribution in [3.05, 3.63) is 71.0 Å². The van der Waals surface area contributed by atoms with E-state index in [1.54, 1.807) is 30.6 Å². The van der Waals surface area contributed by atoms with Gasteiger partial charge in [-0.3, -0.25) is 0 Å². The van der Waals surface area contributed by atoms with Crippen LogP contribution in [0.3, 0.4) is 0 Å². The van der Waals surface area contributed by atoms with Gasteiger partial charge in [-0.2, -0.15) is 0 Å². The van der Waals surface area contributed by atoms with Crippen LogP contribution in [-0.2, 0) is 0 Å². The second-order valence-corrected chi connectivity index (χ2v) is 12.1. The number of hydrogen-bond acceptors (Lipinski definition) is 4. The fourth-order valence-corrected chi connectivity index (χ4v) is 7.84. The maximum atomic E-state index is 14.7. The molecule has 1 aliphatic rings. The average Bonchev–Trinajstić information content (AvgIpc) is 3.39. The predicted octanol–water partition coefficient (Wildman–Crippen LogP) is 4.38. The van der Waals surface area contributed by atoms with Gasteiger partial charge in [0.2, 0.25) is 0 Å². The first-order valence-corrected chi connectivity index (χ1v) is 14.4. The van der Waals surface area contributed by atoms with E-state index in [9.17, 15) is 9.18 Å². The van der Waals surface area contributed by atoms with Crippen molar-refractivity contribution in [2.45, 2.75) is 27.6 Å². The van der Waals surface area contributed by atoms with E-state index in [0.717, 1.165) is 18.5 Å². The number of anilines is 1. The van der Waals surface area contributed by atoms with Gasteiger partial charge >= 0.3 is 187 Å². The molecule has 0 spiro atoms. The van der Waals surface area contributed by atoms with Gasteiger partial charge in [0.1, 0.15) is 0 Å². The monoisotopic (exact) mass is 544 g/mol. The summed E-state index contributed by atoms with van der Waals surface area (Å²) in [6, 6.07) is 8.00. The second-order valence-electron chi connectivity index (χ2n) is 7.39. The van der Waals surface area contributed by atoms with Gasteiger partial charge in [-0.15, -0.1) is 0 Å². The van der Waals surface area contributed by atoms with Gasteiger partial charge in [-0.25, -0.2) is 0 Å². The third-order valence-electron chi connectivity index (χ3n) is 5.39. The Balaban J connectivity index is 1.54. The Morgan fingerprint density at radius 1 is 1.26 bits per heavy atom. The van der Waals surface area contributed by atoms with E-state index in [0.29, 0.717) is 28.0 Å². The molecule has 1 saturated heterocycles. The molecule has 1 N–H and O–H groups in total. The summed E-state index contributed by atoms with van der Waals surface area (Å²) >= 11 is 5.71. The summed E-state index contributed by atoms with van der Waals surface area (Å²) in [6.07, 6.45) is 7.01. The molecule has 1 aliphatic heterocycles. The van der Waals surface area contributed by atoms with Crippen LogP contribution in [-0.4, -0.2) is 51.4 Å². The van der Waals surface area contributed by atoms with Crippen molar-refractivity contribution in [3.63, 3.8) is 0 Å². The van der Waals surface area contributed by atoms with E-state index < -0.39 is 5.82 Å². The van der Waals surface area contributed by atoms with E-state index in [2.05, 4.69) is 15.4 Å². The van der Waals surface area contributed by atoms with Crippen molar-refractivity contribution in [1.29, 1.82) is 0 Å². The molecule has 10 heteroatoms. The molecule has 1 aromatic carbocycles. The summed E-state index contributed by atoms with van der Waals surface area (Å²) in [5.74, 6) is -0.149. The number of carbonyl (C=O) groups is 1. The number of nitrogens with one attached hydrogen (secondary N) is 1. The number of nitrogens with zero attached hydrogens (tertiary/aromatic N) is 5. The molecule has 5 rings (SSSR count). The number of aromatic nitrogens is 5. The standard InChI is InChI=1S/C21H18ClFN6O.Sn/c1-3-13(4-2)17-11-19(29(27-17)18-7-6-14(22)10-16(18)23)26-21(30)15-12-25-28-9-5-8-24-20(15)28;/h5-13H,1-4H2,(H,26,30);. The van der Waals surface area contributed by atoms with Crippen LogP contribution < -0.4 is 5.32 Å². The van der Waals surface area contributed by atoms with Crippen LogP contribution in [0.25, 0.3) is 11.3 Å².